The summed E-state index contributed by atoms with van der Waals surface area (Å²) in [7, 11) is 0. The number of fused-ring (bicyclic) bond motifs is 6. The van der Waals surface area contributed by atoms with Crippen molar-refractivity contribution in [3.05, 3.63) is 82.9 Å². The van der Waals surface area contributed by atoms with Crippen molar-refractivity contribution >= 4 is 33.1 Å². The first-order chi connectivity index (χ1) is 11.6. The molecule has 0 heterocycles. The molecule has 0 unspecified atom stereocenters. The predicted octanol–water partition coefficient (Wildman–Crippen LogP) is 6.95. The van der Waals surface area contributed by atoms with E-state index in [0.29, 0.717) is 0 Å². The molecule has 5 rings (SSSR count). The normalized spacial score (nSPS) is 14.8. The van der Waals surface area contributed by atoms with E-state index < -0.39 is 0 Å². The third-order valence-electron chi connectivity index (χ3n) is 5.50. The van der Waals surface area contributed by atoms with Crippen LogP contribution in [0.25, 0.3) is 32.7 Å². The van der Waals surface area contributed by atoms with Crippen LogP contribution in [0.1, 0.15) is 25.0 Å². The molecule has 0 atom stereocenters. The molecule has 0 nitrogen and oxygen atoms in total. The highest BCUT2D eigenvalue weighted by atomic mass is 35.5. The van der Waals surface area contributed by atoms with Gasteiger partial charge in [-0.25, -0.2) is 0 Å². The lowest BCUT2D eigenvalue weighted by Gasteiger charge is -2.22. The number of rotatable bonds is 0. The molecule has 0 spiro atoms. The van der Waals surface area contributed by atoms with Gasteiger partial charge in [0.1, 0.15) is 0 Å². The third-order valence-corrected chi connectivity index (χ3v) is 5.73. The van der Waals surface area contributed by atoms with E-state index in [1.807, 2.05) is 12.1 Å². The lowest BCUT2D eigenvalue weighted by molar-refractivity contribution is 0.661. The van der Waals surface area contributed by atoms with Gasteiger partial charge in [-0.15, -0.1) is 0 Å². The molecule has 0 aliphatic heterocycles. The van der Waals surface area contributed by atoms with E-state index in [0.717, 1.165) is 5.02 Å². The lowest BCUT2D eigenvalue weighted by atomic mass is 9.81. The number of halogens is 1. The monoisotopic (exact) mass is 328 g/mol. The molecule has 1 aliphatic rings. The molecule has 1 aliphatic carbocycles. The van der Waals surface area contributed by atoms with Gasteiger partial charge in [-0.2, -0.15) is 0 Å². The van der Waals surface area contributed by atoms with Crippen molar-refractivity contribution in [2.24, 2.45) is 0 Å². The molecule has 0 saturated heterocycles. The molecule has 0 aromatic heterocycles. The van der Waals surface area contributed by atoms with Gasteiger partial charge in [0.15, 0.2) is 0 Å². The average molecular weight is 329 g/mol. The molecule has 0 saturated carbocycles. The molecule has 0 amide bonds. The molecule has 1 heteroatoms. The summed E-state index contributed by atoms with van der Waals surface area (Å²) in [6, 6.07) is 24.1. The van der Waals surface area contributed by atoms with Gasteiger partial charge in [-0.1, -0.05) is 67.9 Å². The van der Waals surface area contributed by atoms with Crippen LogP contribution in [0.2, 0.25) is 5.02 Å². The number of benzene rings is 4. The molecule has 0 N–H and O–H groups in total. The molecule has 4 aromatic rings. The topological polar surface area (TPSA) is 0 Å². The van der Waals surface area contributed by atoms with Crippen LogP contribution in [-0.4, -0.2) is 0 Å². The Hall–Kier alpha value is -2.31. The fourth-order valence-electron chi connectivity index (χ4n) is 4.23. The highest BCUT2D eigenvalue weighted by Crippen LogP contribution is 2.50. The minimum Gasteiger partial charge on any atom is -0.0843 e. The quantitative estimate of drug-likeness (QED) is 0.306. The maximum absolute atomic E-state index is 6.17. The zero-order chi connectivity index (χ0) is 16.5. The van der Waals surface area contributed by atoms with Gasteiger partial charge in [-0.3, -0.25) is 0 Å². The first kappa shape index (κ1) is 14.1. The van der Waals surface area contributed by atoms with Crippen molar-refractivity contribution in [3.63, 3.8) is 0 Å². The minimum absolute atomic E-state index is 0.0364. The smallest absolute Gasteiger partial charge is 0.0412 e. The van der Waals surface area contributed by atoms with E-state index in [9.17, 15) is 0 Å². The summed E-state index contributed by atoms with van der Waals surface area (Å²) in [5.74, 6) is 0. The summed E-state index contributed by atoms with van der Waals surface area (Å²) in [6.07, 6.45) is 0. The molecule has 0 bridgehead atoms. The SMILES string of the molecule is CC1(C)c2ccccc2-c2cc3ccc4cc(Cl)ccc4c3cc21. The van der Waals surface area contributed by atoms with E-state index in [2.05, 4.69) is 68.4 Å². The summed E-state index contributed by atoms with van der Waals surface area (Å²) in [5.41, 5.74) is 5.61. The second-order valence-electron chi connectivity index (χ2n) is 7.22. The Balaban J connectivity index is 1.92. The zero-order valence-electron chi connectivity index (χ0n) is 13.7. The Kier molecular flexibility index (Phi) is 2.71. The van der Waals surface area contributed by atoms with E-state index in [1.54, 1.807) is 0 Å². The van der Waals surface area contributed by atoms with Gasteiger partial charge >= 0.3 is 0 Å². The first-order valence-corrected chi connectivity index (χ1v) is 8.70. The minimum atomic E-state index is 0.0364. The molecular formula is C23H17Cl. The van der Waals surface area contributed by atoms with Crippen LogP contribution in [0.4, 0.5) is 0 Å². The standard InChI is InChI=1S/C23H17Cl/c1-23(2)21-6-4-3-5-18(21)20-12-15-8-7-14-11-16(24)9-10-17(14)19(15)13-22(20)23/h3-13H,1-2H3. The van der Waals surface area contributed by atoms with Crippen LogP contribution < -0.4 is 0 Å². The largest absolute Gasteiger partial charge is 0.0843 e. The van der Waals surface area contributed by atoms with Gasteiger partial charge < -0.3 is 0 Å². The lowest BCUT2D eigenvalue weighted by Crippen LogP contribution is -2.14. The summed E-state index contributed by atoms with van der Waals surface area (Å²) in [4.78, 5) is 0. The van der Waals surface area contributed by atoms with Crippen LogP contribution in [-0.2, 0) is 5.41 Å². The van der Waals surface area contributed by atoms with Crippen LogP contribution in [0.3, 0.4) is 0 Å². The van der Waals surface area contributed by atoms with Gasteiger partial charge in [0.25, 0.3) is 0 Å². The van der Waals surface area contributed by atoms with Gasteiger partial charge in [0, 0.05) is 10.4 Å². The molecular weight excluding hydrogens is 312 g/mol. The Labute approximate surface area is 146 Å². The first-order valence-electron chi connectivity index (χ1n) is 8.32. The second-order valence-corrected chi connectivity index (χ2v) is 7.66. The maximum atomic E-state index is 6.17. The molecule has 116 valence electrons. The van der Waals surface area contributed by atoms with Crippen LogP contribution in [0.15, 0.2) is 66.7 Å². The average Bonchev–Trinajstić information content (AvgIpc) is 2.81. The molecule has 4 aromatic carbocycles. The van der Waals surface area contributed by atoms with Crippen molar-refractivity contribution in [2.45, 2.75) is 19.3 Å². The van der Waals surface area contributed by atoms with Gasteiger partial charge in [-0.05, 0) is 68.1 Å². The highest BCUT2D eigenvalue weighted by molar-refractivity contribution is 6.31. The Bertz CT molecular complexity index is 1140. The number of hydrogen-bond acceptors (Lipinski definition) is 0. The van der Waals surface area contributed by atoms with Crippen molar-refractivity contribution in [2.75, 3.05) is 0 Å². The van der Waals surface area contributed by atoms with Crippen LogP contribution in [0.5, 0.6) is 0 Å². The fourth-order valence-corrected chi connectivity index (χ4v) is 4.41. The number of hydrogen-bond donors (Lipinski definition) is 0. The van der Waals surface area contributed by atoms with Crippen molar-refractivity contribution in [1.29, 1.82) is 0 Å². The van der Waals surface area contributed by atoms with E-state index in [1.165, 1.54) is 43.8 Å². The van der Waals surface area contributed by atoms with Crippen LogP contribution in [0, 0.1) is 0 Å². The molecule has 0 fully saturated rings. The summed E-state index contributed by atoms with van der Waals surface area (Å²) in [6.45, 7) is 4.65. The van der Waals surface area contributed by atoms with Crippen molar-refractivity contribution in [3.8, 4) is 11.1 Å². The third kappa shape index (κ3) is 1.75. The zero-order valence-corrected chi connectivity index (χ0v) is 14.5. The van der Waals surface area contributed by atoms with Gasteiger partial charge in [0.2, 0.25) is 0 Å². The molecule has 0 radical (unpaired) electrons. The summed E-state index contributed by atoms with van der Waals surface area (Å²) >= 11 is 6.17. The fraction of sp³-hybridized carbons (Fsp3) is 0.130. The van der Waals surface area contributed by atoms with Crippen molar-refractivity contribution < 1.29 is 0 Å². The second kappa shape index (κ2) is 4.62. The van der Waals surface area contributed by atoms with E-state index in [4.69, 9.17) is 11.6 Å². The Morgan fingerprint density at radius 3 is 2.25 bits per heavy atom. The highest BCUT2D eigenvalue weighted by Gasteiger charge is 2.35. The summed E-state index contributed by atoms with van der Waals surface area (Å²) < 4.78 is 0. The Morgan fingerprint density at radius 1 is 0.667 bits per heavy atom. The molecule has 24 heavy (non-hydrogen) atoms. The Morgan fingerprint density at radius 2 is 1.42 bits per heavy atom. The predicted molar refractivity (Wildman–Crippen MR) is 104 cm³/mol. The van der Waals surface area contributed by atoms with Crippen molar-refractivity contribution in [1.82, 2.24) is 0 Å². The van der Waals surface area contributed by atoms with E-state index in [-0.39, 0.29) is 5.41 Å². The van der Waals surface area contributed by atoms with E-state index >= 15 is 0 Å². The summed E-state index contributed by atoms with van der Waals surface area (Å²) in [5, 5.41) is 5.85. The maximum Gasteiger partial charge on any atom is 0.0412 e. The van der Waals surface area contributed by atoms with Gasteiger partial charge in [0.05, 0.1) is 0 Å². The van der Waals surface area contributed by atoms with Crippen LogP contribution >= 0.6 is 11.6 Å².